The van der Waals surface area contributed by atoms with E-state index in [2.05, 4.69) is 10.3 Å². The number of pyridine rings is 1. The van der Waals surface area contributed by atoms with E-state index in [1.807, 2.05) is 27.8 Å². The number of ether oxygens (including phenoxy) is 1. The highest BCUT2D eigenvalue weighted by Crippen LogP contribution is 2.27. The van der Waals surface area contributed by atoms with Gasteiger partial charge in [0, 0.05) is 29.4 Å². The molecule has 4 nitrogen and oxygen atoms in total. The molecule has 1 heterocycles. The third kappa shape index (κ3) is 3.68. The van der Waals surface area contributed by atoms with E-state index >= 15 is 0 Å². The molecule has 18 heavy (non-hydrogen) atoms. The Balaban J connectivity index is 2.91. The van der Waals surface area contributed by atoms with E-state index in [4.69, 9.17) is 4.74 Å². The van der Waals surface area contributed by atoms with Crippen molar-refractivity contribution in [3.63, 3.8) is 0 Å². The summed E-state index contributed by atoms with van der Waals surface area (Å²) >= 11 is 0. The Labute approximate surface area is 109 Å². The van der Waals surface area contributed by atoms with Crippen LogP contribution in [0.2, 0.25) is 0 Å². The van der Waals surface area contributed by atoms with Gasteiger partial charge in [0.05, 0.1) is 12.7 Å². The van der Waals surface area contributed by atoms with Crippen molar-refractivity contribution in [1.82, 2.24) is 10.3 Å². The molecule has 0 fully saturated rings. The molecule has 2 N–H and O–H groups in total. The zero-order chi connectivity index (χ0) is 13.8. The van der Waals surface area contributed by atoms with Crippen molar-refractivity contribution in [2.75, 3.05) is 20.7 Å². The van der Waals surface area contributed by atoms with Gasteiger partial charge in [0.25, 0.3) is 0 Å². The van der Waals surface area contributed by atoms with Crippen molar-refractivity contribution < 1.29 is 9.84 Å². The molecule has 0 saturated heterocycles. The quantitative estimate of drug-likeness (QED) is 0.807. The van der Waals surface area contributed by atoms with Gasteiger partial charge in [-0.2, -0.15) is 0 Å². The lowest BCUT2D eigenvalue weighted by Crippen LogP contribution is -2.32. The smallest absolute Gasteiger partial charge is 0.128 e. The van der Waals surface area contributed by atoms with Crippen LogP contribution >= 0.6 is 0 Å². The molecule has 0 aliphatic carbocycles. The number of nitrogens with zero attached hydrogens (tertiary/aromatic N) is 1. The number of aryl methyl sites for hydroxylation is 1. The summed E-state index contributed by atoms with van der Waals surface area (Å²) in [4.78, 5) is 4.42. The Bertz CT molecular complexity index is 403. The van der Waals surface area contributed by atoms with Gasteiger partial charge in [0.15, 0.2) is 0 Å². The highest BCUT2D eigenvalue weighted by molar-refractivity contribution is 5.41. The van der Waals surface area contributed by atoms with Crippen molar-refractivity contribution in [2.45, 2.75) is 39.2 Å². The lowest BCUT2D eigenvalue weighted by atomic mass is 9.93. The fraction of sp³-hybridized carbons (Fsp3) is 0.643. The molecule has 102 valence electrons. The maximum atomic E-state index is 10.3. The first-order valence-corrected chi connectivity index (χ1v) is 6.27. The van der Waals surface area contributed by atoms with Crippen LogP contribution in [0.25, 0.3) is 0 Å². The maximum absolute atomic E-state index is 10.3. The molecular formula is C14H24N2O2. The lowest BCUT2D eigenvalue weighted by molar-refractivity contribution is 0.0508. The third-order valence-corrected chi connectivity index (χ3v) is 3.21. The number of hydrogen-bond donors (Lipinski definition) is 2. The number of aromatic nitrogens is 1. The third-order valence-electron chi connectivity index (χ3n) is 3.21. The van der Waals surface area contributed by atoms with Gasteiger partial charge in [0.1, 0.15) is 5.75 Å². The van der Waals surface area contributed by atoms with E-state index in [1.165, 1.54) is 0 Å². The second-order valence-corrected chi connectivity index (χ2v) is 5.07. The Morgan fingerprint density at radius 3 is 2.67 bits per heavy atom. The Hall–Kier alpha value is -1.13. The van der Waals surface area contributed by atoms with Crippen LogP contribution < -0.4 is 10.1 Å². The molecule has 0 saturated carbocycles. The molecule has 1 aromatic rings. The highest BCUT2D eigenvalue weighted by atomic mass is 16.5. The number of hydrogen-bond acceptors (Lipinski definition) is 4. The topological polar surface area (TPSA) is 54.4 Å². The Kier molecular flexibility index (Phi) is 5.11. The second-order valence-electron chi connectivity index (χ2n) is 5.07. The average Bonchev–Trinajstić information content (AvgIpc) is 2.31. The normalized spacial score (nSPS) is 14.3. The molecule has 0 amide bonds. The molecular weight excluding hydrogens is 228 g/mol. The summed E-state index contributed by atoms with van der Waals surface area (Å²) in [6.45, 7) is 6.59. The fourth-order valence-electron chi connectivity index (χ4n) is 2.09. The first kappa shape index (κ1) is 14.9. The molecule has 4 heteroatoms. The summed E-state index contributed by atoms with van der Waals surface area (Å²) in [5.41, 5.74) is 2.19. The molecule has 0 radical (unpaired) electrons. The van der Waals surface area contributed by atoms with Gasteiger partial charge in [-0.3, -0.25) is 4.98 Å². The minimum atomic E-state index is -0.749. The number of methoxy groups -OCH3 is 1. The number of aliphatic hydroxyl groups is 1. The summed E-state index contributed by atoms with van der Waals surface area (Å²) in [6, 6.07) is 0. The van der Waals surface area contributed by atoms with Gasteiger partial charge in [-0.05, 0) is 40.8 Å². The van der Waals surface area contributed by atoms with Crippen molar-refractivity contribution in [3.05, 3.63) is 23.0 Å². The van der Waals surface area contributed by atoms with E-state index < -0.39 is 5.60 Å². The van der Waals surface area contributed by atoms with Crippen molar-refractivity contribution >= 4 is 0 Å². The van der Waals surface area contributed by atoms with Crippen LogP contribution in [-0.4, -0.2) is 36.4 Å². The molecule has 1 rings (SSSR count). The zero-order valence-electron chi connectivity index (χ0n) is 12.0. The monoisotopic (exact) mass is 252 g/mol. The minimum absolute atomic E-state index is 0.539. The first-order valence-electron chi connectivity index (χ1n) is 6.27. The van der Waals surface area contributed by atoms with Crippen LogP contribution in [-0.2, 0) is 6.42 Å². The van der Waals surface area contributed by atoms with Gasteiger partial charge in [-0.25, -0.2) is 0 Å². The van der Waals surface area contributed by atoms with Crippen LogP contribution in [0.5, 0.6) is 5.75 Å². The van der Waals surface area contributed by atoms with Gasteiger partial charge >= 0.3 is 0 Å². The Morgan fingerprint density at radius 2 is 2.11 bits per heavy atom. The predicted octanol–water partition coefficient (Wildman–Crippen LogP) is 1.61. The summed E-state index contributed by atoms with van der Waals surface area (Å²) < 4.78 is 5.38. The molecule has 1 aromatic heterocycles. The van der Waals surface area contributed by atoms with Crippen LogP contribution in [0.3, 0.4) is 0 Å². The van der Waals surface area contributed by atoms with E-state index in [1.54, 1.807) is 13.3 Å². The zero-order valence-corrected chi connectivity index (χ0v) is 12.0. The van der Waals surface area contributed by atoms with E-state index in [0.717, 1.165) is 29.1 Å². The van der Waals surface area contributed by atoms with E-state index in [0.29, 0.717) is 12.8 Å². The molecule has 0 aliphatic rings. The van der Waals surface area contributed by atoms with Gasteiger partial charge in [-0.15, -0.1) is 0 Å². The summed E-state index contributed by atoms with van der Waals surface area (Å²) in [5.74, 6) is 0.865. The van der Waals surface area contributed by atoms with E-state index in [-0.39, 0.29) is 0 Å². The molecule has 1 unspecified atom stereocenters. The van der Waals surface area contributed by atoms with Gasteiger partial charge in [-0.1, -0.05) is 0 Å². The molecule has 0 bridgehead atoms. The van der Waals surface area contributed by atoms with Gasteiger partial charge in [0.2, 0.25) is 0 Å². The van der Waals surface area contributed by atoms with Crippen molar-refractivity contribution in [3.8, 4) is 5.75 Å². The number of nitrogens with one attached hydrogen (secondary N) is 1. The molecule has 0 spiro atoms. The molecule has 0 aliphatic heterocycles. The standard InChI is InChI=1S/C14H24N2O2/c1-10-9-16-12(11(2)13(10)18-5)8-14(3,17)6-7-15-4/h9,15,17H,6-8H2,1-5H3. The summed E-state index contributed by atoms with van der Waals surface area (Å²) in [5, 5.41) is 13.4. The van der Waals surface area contributed by atoms with Crippen LogP contribution in [0.4, 0.5) is 0 Å². The average molecular weight is 252 g/mol. The van der Waals surface area contributed by atoms with Crippen LogP contribution in [0.1, 0.15) is 30.2 Å². The number of rotatable bonds is 6. The van der Waals surface area contributed by atoms with E-state index in [9.17, 15) is 5.11 Å². The van der Waals surface area contributed by atoms with Crippen molar-refractivity contribution in [2.24, 2.45) is 0 Å². The molecule has 0 aromatic carbocycles. The summed E-state index contributed by atoms with van der Waals surface area (Å²) in [7, 11) is 3.55. The fourth-order valence-corrected chi connectivity index (χ4v) is 2.09. The SMILES string of the molecule is CNCCC(C)(O)Cc1ncc(C)c(OC)c1C. The highest BCUT2D eigenvalue weighted by Gasteiger charge is 2.23. The van der Waals surface area contributed by atoms with Crippen LogP contribution in [0, 0.1) is 13.8 Å². The largest absolute Gasteiger partial charge is 0.496 e. The summed E-state index contributed by atoms with van der Waals surface area (Å²) in [6.07, 6.45) is 3.04. The Morgan fingerprint density at radius 1 is 1.44 bits per heavy atom. The first-order chi connectivity index (χ1) is 8.41. The lowest BCUT2D eigenvalue weighted by Gasteiger charge is -2.24. The van der Waals surface area contributed by atoms with Crippen molar-refractivity contribution in [1.29, 1.82) is 0 Å². The second kappa shape index (κ2) is 6.16. The van der Waals surface area contributed by atoms with Crippen LogP contribution in [0.15, 0.2) is 6.20 Å². The maximum Gasteiger partial charge on any atom is 0.128 e. The molecule has 1 atom stereocenters. The predicted molar refractivity (Wildman–Crippen MR) is 73.1 cm³/mol. The minimum Gasteiger partial charge on any atom is -0.496 e. The van der Waals surface area contributed by atoms with Gasteiger partial charge < -0.3 is 15.2 Å².